The summed E-state index contributed by atoms with van der Waals surface area (Å²) in [6, 6.07) is 7.66. The normalized spacial score (nSPS) is 12.4. The lowest BCUT2D eigenvalue weighted by molar-refractivity contribution is 0.0929. The molecule has 20 heavy (non-hydrogen) atoms. The van der Waals surface area contributed by atoms with Gasteiger partial charge in [-0.15, -0.1) is 5.10 Å². The zero-order valence-electron chi connectivity index (χ0n) is 11.6. The monoisotopic (exact) mass is 336 g/mol. The van der Waals surface area contributed by atoms with Crippen LogP contribution in [-0.4, -0.2) is 21.1 Å². The summed E-state index contributed by atoms with van der Waals surface area (Å²) in [4.78, 5) is 16.3. The number of rotatable bonds is 4. The first-order valence-electron chi connectivity index (χ1n) is 6.46. The molecule has 2 N–H and O–H groups in total. The average Bonchev–Trinajstić information content (AvgIpc) is 2.88. The molecule has 5 nitrogen and oxygen atoms in total. The number of H-pyrrole nitrogens is 1. The standard InChI is InChI=1S/C14H17BrN4O/c1-8(2)12-17-13(19-18-12)14(20)16-9(3)10-6-4-5-7-11(10)15/h4-9H,1-3H3,(H,16,20)(H,17,18,19). The number of aromatic amines is 1. The summed E-state index contributed by atoms with van der Waals surface area (Å²) in [6.07, 6.45) is 0. The van der Waals surface area contributed by atoms with Gasteiger partial charge in [-0.25, -0.2) is 4.98 Å². The van der Waals surface area contributed by atoms with Crippen molar-refractivity contribution in [3.05, 3.63) is 46.0 Å². The molecule has 1 atom stereocenters. The van der Waals surface area contributed by atoms with Crippen LogP contribution in [0.25, 0.3) is 0 Å². The Labute approximate surface area is 126 Å². The van der Waals surface area contributed by atoms with Crippen molar-refractivity contribution in [2.45, 2.75) is 32.7 Å². The number of halogens is 1. The molecule has 2 aromatic rings. The molecule has 0 saturated carbocycles. The summed E-state index contributed by atoms with van der Waals surface area (Å²) in [7, 11) is 0. The van der Waals surface area contributed by atoms with Crippen LogP contribution in [0.15, 0.2) is 28.7 Å². The number of amides is 1. The molecule has 1 unspecified atom stereocenters. The van der Waals surface area contributed by atoms with Crippen LogP contribution in [0.5, 0.6) is 0 Å². The molecule has 1 aromatic heterocycles. The Morgan fingerprint density at radius 3 is 2.60 bits per heavy atom. The van der Waals surface area contributed by atoms with E-state index in [4.69, 9.17) is 0 Å². The Morgan fingerprint density at radius 1 is 1.30 bits per heavy atom. The lowest BCUT2D eigenvalue weighted by Crippen LogP contribution is -2.27. The SMILES string of the molecule is CC(C)c1nc(C(=O)NC(C)c2ccccc2Br)n[nH]1. The number of hydrogen-bond donors (Lipinski definition) is 2. The molecule has 0 saturated heterocycles. The number of hydrogen-bond acceptors (Lipinski definition) is 3. The number of carbonyl (C=O) groups excluding carboxylic acids is 1. The zero-order chi connectivity index (χ0) is 14.7. The highest BCUT2D eigenvalue weighted by atomic mass is 79.9. The molecular formula is C14H17BrN4O. The van der Waals surface area contributed by atoms with Crippen molar-refractivity contribution in [2.75, 3.05) is 0 Å². The van der Waals surface area contributed by atoms with E-state index in [2.05, 4.69) is 36.4 Å². The van der Waals surface area contributed by atoms with Gasteiger partial charge in [0.05, 0.1) is 6.04 Å². The largest absolute Gasteiger partial charge is 0.343 e. The Kier molecular flexibility index (Phi) is 4.54. The van der Waals surface area contributed by atoms with Gasteiger partial charge in [-0.3, -0.25) is 9.89 Å². The molecule has 2 rings (SSSR count). The predicted molar refractivity (Wildman–Crippen MR) is 80.5 cm³/mol. The first kappa shape index (κ1) is 14.7. The molecule has 0 fully saturated rings. The van der Waals surface area contributed by atoms with E-state index < -0.39 is 0 Å². The van der Waals surface area contributed by atoms with Crippen LogP contribution >= 0.6 is 15.9 Å². The van der Waals surface area contributed by atoms with E-state index in [1.165, 1.54) is 0 Å². The first-order valence-corrected chi connectivity index (χ1v) is 7.26. The van der Waals surface area contributed by atoms with Gasteiger partial charge >= 0.3 is 0 Å². The molecule has 0 aliphatic carbocycles. The second-order valence-electron chi connectivity index (χ2n) is 4.92. The van der Waals surface area contributed by atoms with Crippen LogP contribution < -0.4 is 5.32 Å². The third-order valence-corrected chi connectivity index (χ3v) is 3.69. The Bertz CT molecular complexity index is 609. The molecule has 106 valence electrons. The quantitative estimate of drug-likeness (QED) is 0.900. The highest BCUT2D eigenvalue weighted by Crippen LogP contribution is 2.22. The summed E-state index contributed by atoms with van der Waals surface area (Å²) in [5, 5.41) is 9.62. The van der Waals surface area contributed by atoms with E-state index in [1.54, 1.807) is 0 Å². The second kappa shape index (κ2) is 6.17. The highest BCUT2D eigenvalue weighted by Gasteiger charge is 2.17. The van der Waals surface area contributed by atoms with E-state index in [0.29, 0.717) is 5.82 Å². The third kappa shape index (κ3) is 3.25. The van der Waals surface area contributed by atoms with Gasteiger partial charge < -0.3 is 5.32 Å². The Balaban J connectivity index is 2.09. The molecule has 6 heteroatoms. The van der Waals surface area contributed by atoms with Crippen LogP contribution in [-0.2, 0) is 0 Å². The average molecular weight is 337 g/mol. The van der Waals surface area contributed by atoms with Crippen LogP contribution in [0.1, 0.15) is 54.7 Å². The van der Waals surface area contributed by atoms with Crippen LogP contribution in [0.3, 0.4) is 0 Å². The molecule has 1 aromatic carbocycles. The van der Waals surface area contributed by atoms with E-state index in [1.807, 2.05) is 45.0 Å². The van der Waals surface area contributed by atoms with Crippen molar-refractivity contribution in [3.63, 3.8) is 0 Å². The molecule has 0 spiro atoms. The minimum atomic E-state index is -0.281. The lowest BCUT2D eigenvalue weighted by Gasteiger charge is -2.14. The van der Waals surface area contributed by atoms with Gasteiger partial charge in [-0.2, -0.15) is 0 Å². The predicted octanol–water partition coefficient (Wildman–Crippen LogP) is 3.18. The van der Waals surface area contributed by atoms with Gasteiger partial charge in [-0.1, -0.05) is 48.0 Å². The molecule has 0 aliphatic heterocycles. The number of aromatic nitrogens is 3. The fraction of sp³-hybridized carbons (Fsp3) is 0.357. The van der Waals surface area contributed by atoms with Crippen molar-refractivity contribution in [3.8, 4) is 0 Å². The van der Waals surface area contributed by atoms with Crippen LogP contribution in [0, 0.1) is 0 Å². The second-order valence-corrected chi connectivity index (χ2v) is 5.77. The van der Waals surface area contributed by atoms with Gasteiger partial charge in [0.25, 0.3) is 5.91 Å². The molecule has 1 amide bonds. The maximum absolute atomic E-state index is 12.1. The summed E-state index contributed by atoms with van der Waals surface area (Å²) in [5.74, 6) is 0.817. The lowest BCUT2D eigenvalue weighted by atomic mass is 10.1. The van der Waals surface area contributed by atoms with Crippen molar-refractivity contribution in [1.29, 1.82) is 0 Å². The van der Waals surface area contributed by atoms with Gasteiger partial charge in [0.2, 0.25) is 5.82 Å². The molecule has 0 aliphatic rings. The minimum absolute atomic E-state index is 0.126. The van der Waals surface area contributed by atoms with Gasteiger partial charge in [-0.05, 0) is 18.6 Å². The molecule has 1 heterocycles. The fourth-order valence-corrected chi connectivity index (χ4v) is 2.43. The van der Waals surface area contributed by atoms with Gasteiger partial charge in [0.1, 0.15) is 5.82 Å². The topological polar surface area (TPSA) is 70.7 Å². The maximum atomic E-state index is 12.1. The zero-order valence-corrected chi connectivity index (χ0v) is 13.2. The van der Waals surface area contributed by atoms with Gasteiger partial charge in [0, 0.05) is 10.4 Å². The van der Waals surface area contributed by atoms with Crippen LogP contribution in [0.4, 0.5) is 0 Å². The van der Waals surface area contributed by atoms with E-state index in [-0.39, 0.29) is 23.7 Å². The third-order valence-electron chi connectivity index (χ3n) is 2.97. The summed E-state index contributed by atoms with van der Waals surface area (Å²) < 4.78 is 0.964. The van der Waals surface area contributed by atoms with Crippen molar-refractivity contribution < 1.29 is 4.79 Å². The number of nitrogens with one attached hydrogen (secondary N) is 2. The fourth-order valence-electron chi connectivity index (χ4n) is 1.80. The smallest absolute Gasteiger partial charge is 0.291 e. The maximum Gasteiger partial charge on any atom is 0.291 e. The number of carbonyl (C=O) groups is 1. The molecule has 0 radical (unpaired) electrons. The first-order chi connectivity index (χ1) is 9.49. The summed E-state index contributed by atoms with van der Waals surface area (Å²) >= 11 is 3.48. The molecular weight excluding hydrogens is 320 g/mol. The van der Waals surface area contributed by atoms with E-state index in [0.717, 1.165) is 10.0 Å². The van der Waals surface area contributed by atoms with E-state index >= 15 is 0 Å². The Morgan fingerprint density at radius 2 is 2.00 bits per heavy atom. The minimum Gasteiger partial charge on any atom is -0.343 e. The number of benzene rings is 1. The van der Waals surface area contributed by atoms with E-state index in [9.17, 15) is 4.79 Å². The molecule has 0 bridgehead atoms. The Hall–Kier alpha value is -1.69. The van der Waals surface area contributed by atoms with Crippen molar-refractivity contribution >= 4 is 21.8 Å². The van der Waals surface area contributed by atoms with Crippen molar-refractivity contribution in [2.24, 2.45) is 0 Å². The highest BCUT2D eigenvalue weighted by molar-refractivity contribution is 9.10. The number of nitrogens with zero attached hydrogens (tertiary/aromatic N) is 2. The summed E-state index contributed by atoms with van der Waals surface area (Å²) in [5.41, 5.74) is 1.01. The van der Waals surface area contributed by atoms with Gasteiger partial charge in [0.15, 0.2) is 0 Å². The van der Waals surface area contributed by atoms with Crippen molar-refractivity contribution in [1.82, 2.24) is 20.5 Å². The van der Waals surface area contributed by atoms with Crippen LogP contribution in [0.2, 0.25) is 0 Å². The summed E-state index contributed by atoms with van der Waals surface area (Å²) in [6.45, 7) is 5.91.